The number of likely N-dealkylation sites (tertiary alicyclic amines) is 1. The monoisotopic (exact) mass is 490 g/mol. The number of amides is 5. The molecule has 3 aliphatic rings. The fourth-order valence-electron chi connectivity index (χ4n) is 4.38. The van der Waals surface area contributed by atoms with Crippen LogP contribution in [0.4, 0.5) is 14.4 Å². The van der Waals surface area contributed by atoms with Crippen LogP contribution in [0.15, 0.2) is 35.3 Å². The second-order valence-corrected chi connectivity index (χ2v) is 8.36. The summed E-state index contributed by atoms with van der Waals surface area (Å²) in [4.78, 5) is 64.7. The van der Waals surface area contributed by atoms with Crippen molar-refractivity contribution in [3.63, 3.8) is 0 Å². The van der Waals surface area contributed by atoms with Gasteiger partial charge in [0.15, 0.2) is 0 Å². The van der Waals surface area contributed by atoms with Gasteiger partial charge in [0.05, 0.1) is 6.04 Å². The van der Waals surface area contributed by atoms with E-state index in [0.717, 1.165) is 5.56 Å². The highest BCUT2D eigenvalue weighted by atomic mass is 16.7. The number of benzene rings is 1. The van der Waals surface area contributed by atoms with Gasteiger partial charge in [0.25, 0.3) is 5.91 Å². The van der Waals surface area contributed by atoms with Gasteiger partial charge in [-0.3, -0.25) is 19.8 Å². The molecule has 0 unspecified atom stereocenters. The average molecular weight is 490 g/mol. The summed E-state index contributed by atoms with van der Waals surface area (Å²) < 4.78 is 0. The van der Waals surface area contributed by atoms with Crippen molar-refractivity contribution < 1.29 is 39.1 Å². The van der Waals surface area contributed by atoms with Crippen molar-refractivity contribution in [3.8, 4) is 0 Å². The van der Waals surface area contributed by atoms with E-state index in [-0.39, 0.29) is 37.7 Å². The highest BCUT2D eigenvalue weighted by molar-refractivity contribution is 5.98. The predicted molar refractivity (Wildman–Crippen MR) is 118 cm³/mol. The fourth-order valence-corrected chi connectivity index (χ4v) is 4.38. The minimum absolute atomic E-state index is 0.114. The number of hydrogen-bond donors (Lipinski definition) is 4. The van der Waals surface area contributed by atoms with Gasteiger partial charge in [-0.1, -0.05) is 30.3 Å². The van der Waals surface area contributed by atoms with Crippen molar-refractivity contribution in [2.24, 2.45) is 4.99 Å². The number of hydrogen-bond acceptors (Lipinski definition) is 6. The zero-order valence-corrected chi connectivity index (χ0v) is 18.7. The Morgan fingerprint density at radius 2 is 1.86 bits per heavy atom. The number of aliphatic imine (C=N–C) groups is 1. The quantitative estimate of drug-likeness (QED) is 0.256. The number of guanidine groups is 1. The molecule has 0 saturated carbocycles. The number of hydroxylamine groups is 3. The highest BCUT2D eigenvalue weighted by Gasteiger charge is 2.48. The molecule has 5 amide bonds. The third-order valence-electron chi connectivity index (χ3n) is 6.03. The topological polar surface area (TPSA) is 173 Å². The molecule has 0 aliphatic carbocycles. The molecular formula is C21H26N6O8. The average Bonchev–Trinajstić information content (AvgIpc) is 3.39. The van der Waals surface area contributed by atoms with E-state index < -0.39 is 30.2 Å². The number of nitrogens with one attached hydrogen (secondary N) is 2. The van der Waals surface area contributed by atoms with Gasteiger partial charge >= 0.3 is 18.2 Å². The molecule has 3 heterocycles. The number of piperidine rings is 1. The van der Waals surface area contributed by atoms with Gasteiger partial charge in [-0.25, -0.2) is 19.9 Å². The van der Waals surface area contributed by atoms with Crippen LogP contribution >= 0.6 is 0 Å². The summed E-state index contributed by atoms with van der Waals surface area (Å²) in [5.74, 6) is -0.803. The van der Waals surface area contributed by atoms with E-state index in [4.69, 9.17) is 19.9 Å². The summed E-state index contributed by atoms with van der Waals surface area (Å²) in [5.41, 5.74) is 3.33. The summed E-state index contributed by atoms with van der Waals surface area (Å²) >= 11 is 0. The smallest absolute Gasteiger partial charge is 0.434 e. The number of carbonyl (C=O) groups is 4. The standard InChI is InChI=1S/C21H26N6O8/c28-17(24-35-15-8-9-25(11-15)18(22-19(29)30)23-20(31)32)16-7-6-14-10-26(16)21(33)27(14)34-12-13-4-2-1-3-5-13/h1-5,14-16H,6-12H2,(H,22,23)(H,24,28)(H,29,30)(H,31,32)/t14-,15+,16+/m1/s1. The van der Waals surface area contributed by atoms with Crippen molar-refractivity contribution in [2.75, 3.05) is 19.6 Å². The maximum Gasteiger partial charge on any atom is 0.434 e. The first kappa shape index (κ1) is 24.2. The van der Waals surface area contributed by atoms with Crippen LogP contribution in [0.5, 0.6) is 0 Å². The van der Waals surface area contributed by atoms with Crippen LogP contribution in [0, 0.1) is 0 Å². The molecule has 3 aliphatic heterocycles. The molecule has 2 bridgehead atoms. The Morgan fingerprint density at radius 3 is 2.57 bits per heavy atom. The second-order valence-electron chi connectivity index (χ2n) is 8.36. The molecule has 4 rings (SSSR count). The lowest BCUT2D eigenvalue weighted by atomic mass is 10.0. The molecule has 35 heavy (non-hydrogen) atoms. The Bertz CT molecular complexity index is 1000. The lowest BCUT2D eigenvalue weighted by Gasteiger charge is -2.29. The van der Waals surface area contributed by atoms with E-state index >= 15 is 0 Å². The molecular weight excluding hydrogens is 464 g/mol. The van der Waals surface area contributed by atoms with E-state index in [1.165, 1.54) is 14.9 Å². The van der Waals surface area contributed by atoms with Gasteiger partial charge in [-0.05, 0) is 24.8 Å². The maximum absolute atomic E-state index is 12.9. The Hall–Kier alpha value is -3.91. The third-order valence-corrected chi connectivity index (χ3v) is 6.03. The van der Waals surface area contributed by atoms with E-state index in [1.54, 1.807) is 0 Å². The van der Waals surface area contributed by atoms with Crippen LogP contribution < -0.4 is 10.8 Å². The van der Waals surface area contributed by atoms with Crippen LogP contribution in [-0.4, -0.2) is 93.0 Å². The van der Waals surface area contributed by atoms with Gasteiger partial charge in [0, 0.05) is 19.6 Å². The number of fused-ring (bicyclic) bond motifs is 2. The van der Waals surface area contributed by atoms with E-state index in [1.807, 2.05) is 35.6 Å². The Kier molecular flexibility index (Phi) is 7.31. The van der Waals surface area contributed by atoms with Crippen molar-refractivity contribution in [1.82, 2.24) is 25.7 Å². The number of urea groups is 1. The van der Waals surface area contributed by atoms with Crippen LogP contribution in [0.25, 0.3) is 0 Å². The maximum atomic E-state index is 12.9. The lowest BCUT2D eigenvalue weighted by molar-refractivity contribution is -0.143. The molecule has 4 N–H and O–H groups in total. The molecule has 14 nitrogen and oxygen atoms in total. The predicted octanol–water partition coefficient (Wildman–Crippen LogP) is 0.811. The van der Waals surface area contributed by atoms with Crippen molar-refractivity contribution in [3.05, 3.63) is 35.9 Å². The number of nitrogens with zero attached hydrogens (tertiary/aromatic N) is 4. The zero-order valence-electron chi connectivity index (χ0n) is 18.7. The van der Waals surface area contributed by atoms with Gasteiger partial charge in [0.1, 0.15) is 18.8 Å². The highest BCUT2D eigenvalue weighted by Crippen LogP contribution is 2.30. The SMILES string of the molecule is O=C(O)N=C(NC(=O)O)N1CC[C@H](ONC(=O)[C@@H]2CC[C@@H]3CN2C(=O)N3OCc2ccccc2)C1. The molecule has 3 fully saturated rings. The van der Waals surface area contributed by atoms with Gasteiger partial charge < -0.3 is 20.0 Å². The normalized spacial score (nSPS) is 24.0. The number of carbonyl (C=O) groups excluding carboxylic acids is 2. The van der Waals surface area contributed by atoms with Crippen molar-refractivity contribution in [2.45, 2.75) is 44.1 Å². The first-order valence-electron chi connectivity index (χ1n) is 11.1. The molecule has 3 saturated heterocycles. The molecule has 1 aromatic rings. The lowest BCUT2D eigenvalue weighted by Crippen LogP contribution is -2.50. The second kappa shape index (κ2) is 10.6. The summed E-state index contributed by atoms with van der Waals surface area (Å²) in [6, 6.07) is 8.26. The number of rotatable bonds is 6. The zero-order chi connectivity index (χ0) is 24.9. The molecule has 3 atom stereocenters. The van der Waals surface area contributed by atoms with Crippen LogP contribution in [0.2, 0.25) is 0 Å². The summed E-state index contributed by atoms with van der Waals surface area (Å²) in [5, 5.41) is 21.0. The summed E-state index contributed by atoms with van der Waals surface area (Å²) in [7, 11) is 0. The van der Waals surface area contributed by atoms with E-state index in [9.17, 15) is 19.2 Å². The third kappa shape index (κ3) is 5.78. The van der Waals surface area contributed by atoms with E-state index in [2.05, 4.69) is 10.5 Å². The minimum Gasteiger partial charge on any atom is -0.465 e. The van der Waals surface area contributed by atoms with Crippen LogP contribution in [0.1, 0.15) is 24.8 Å². The van der Waals surface area contributed by atoms with Gasteiger partial charge in [0.2, 0.25) is 5.96 Å². The Morgan fingerprint density at radius 1 is 1.09 bits per heavy atom. The van der Waals surface area contributed by atoms with Crippen molar-refractivity contribution in [1.29, 1.82) is 0 Å². The Balaban J connectivity index is 1.27. The summed E-state index contributed by atoms with van der Waals surface area (Å²) in [6.45, 7) is 1.01. The fraction of sp³-hybridized carbons (Fsp3) is 0.476. The first-order valence-corrected chi connectivity index (χ1v) is 11.1. The molecule has 0 radical (unpaired) electrons. The van der Waals surface area contributed by atoms with Gasteiger partial charge in [-0.2, -0.15) is 5.06 Å². The molecule has 14 heteroatoms. The molecule has 0 aromatic heterocycles. The molecule has 0 spiro atoms. The molecule has 188 valence electrons. The van der Waals surface area contributed by atoms with Gasteiger partial charge in [-0.15, -0.1) is 4.99 Å². The first-order chi connectivity index (χ1) is 16.8. The van der Waals surface area contributed by atoms with E-state index in [0.29, 0.717) is 25.8 Å². The largest absolute Gasteiger partial charge is 0.465 e. The number of carboxylic acid groups (broad SMARTS) is 2. The van der Waals surface area contributed by atoms with Crippen LogP contribution in [-0.2, 0) is 21.1 Å². The van der Waals surface area contributed by atoms with Crippen molar-refractivity contribution >= 4 is 30.1 Å². The van der Waals surface area contributed by atoms with Crippen LogP contribution in [0.3, 0.4) is 0 Å². The molecule has 1 aromatic carbocycles. The minimum atomic E-state index is -1.54. The Labute approximate surface area is 200 Å². The summed E-state index contributed by atoms with van der Waals surface area (Å²) in [6.07, 6.45) is -2.07.